The van der Waals surface area contributed by atoms with Crippen molar-refractivity contribution in [2.45, 2.75) is 33.7 Å². The van der Waals surface area contributed by atoms with E-state index in [-0.39, 0.29) is 6.04 Å². The van der Waals surface area contributed by atoms with Gasteiger partial charge in [0.15, 0.2) is 0 Å². The number of rotatable bonds is 3. The molecule has 0 aliphatic rings. The Labute approximate surface area is 142 Å². The fourth-order valence-electron chi connectivity index (χ4n) is 2.96. The molecule has 0 saturated heterocycles. The highest BCUT2D eigenvalue weighted by Crippen LogP contribution is 2.26. The quantitative estimate of drug-likeness (QED) is 0.678. The van der Waals surface area contributed by atoms with Gasteiger partial charge < -0.3 is 9.15 Å². The second-order valence-electron chi connectivity index (χ2n) is 6.40. The lowest BCUT2D eigenvalue weighted by Crippen LogP contribution is -2.09. The number of ether oxygens (including phenoxy) is 1. The summed E-state index contributed by atoms with van der Waals surface area (Å²) in [7, 11) is 1.67. The maximum absolute atomic E-state index is 6.20. The summed E-state index contributed by atoms with van der Waals surface area (Å²) in [6, 6.07) is 14.4. The zero-order valence-electron chi connectivity index (χ0n) is 14.9. The lowest BCUT2D eigenvalue weighted by Gasteiger charge is -2.09. The molecule has 0 amide bonds. The van der Waals surface area contributed by atoms with Crippen molar-refractivity contribution in [3.63, 3.8) is 0 Å². The normalized spacial score (nSPS) is 12.2. The molecule has 3 rings (SSSR count). The van der Waals surface area contributed by atoms with Crippen LogP contribution in [-0.4, -0.2) is 13.2 Å². The van der Waals surface area contributed by atoms with E-state index in [4.69, 9.17) is 14.1 Å². The molecule has 2 aromatic carbocycles. The van der Waals surface area contributed by atoms with Crippen LogP contribution < -0.4 is 10.1 Å². The molecule has 3 aromatic rings. The molecule has 1 aromatic heterocycles. The first-order valence-electron chi connectivity index (χ1n) is 8.21. The van der Waals surface area contributed by atoms with Gasteiger partial charge in [-0.05, 0) is 69.2 Å². The molecule has 0 N–H and O–H groups in total. The molecule has 0 fully saturated rings. The topological polar surface area (TPSA) is 34.7 Å². The highest BCUT2D eigenvalue weighted by molar-refractivity contribution is 5.82. The smallest absolute Gasteiger partial charge is 0.137 e. The van der Waals surface area contributed by atoms with Crippen molar-refractivity contribution in [3.05, 3.63) is 58.9 Å². The van der Waals surface area contributed by atoms with Crippen molar-refractivity contribution in [2.24, 2.45) is 4.99 Å². The molecule has 0 aliphatic carbocycles. The van der Waals surface area contributed by atoms with E-state index >= 15 is 0 Å². The van der Waals surface area contributed by atoms with Crippen LogP contribution in [0.3, 0.4) is 0 Å². The lowest BCUT2D eigenvalue weighted by atomic mass is 10.0. The maximum Gasteiger partial charge on any atom is 0.137 e. The van der Waals surface area contributed by atoms with Crippen LogP contribution in [0.4, 0.5) is 0 Å². The second-order valence-corrected chi connectivity index (χ2v) is 6.40. The Morgan fingerprint density at radius 2 is 1.71 bits per heavy atom. The van der Waals surface area contributed by atoms with Crippen LogP contribution in [0.1, 0.15) is 25.0 Å². The molecule has 0 unspecified atom stereocenters. The zero-order valence-corrected chi connectivity index (χ0v) is 14.9. The van der Waals surface area contributed by atoms with Gasteiger partial charge in [-0.15, -0.1) is 0 Å². The summed E-state index contributed by atoms with van der Waals surface area (Å²) in [6.45, 7) is 8.37. The predicted octanol–water partition coefficient (Wildman–Crippen LogP) is 5.03. The van der Waals surface area contributed by atoms with Gasteiger partial charge >= 0.3 is 0 Å². The van der Waals surface area contributed by atoms with Crippen LogP contribution >= 0.6 is 0 Å². The summed E-state index contributed by atoms with van der Waals surface area (Å²) in [6.07, 6.45) is 0. The third kappa shape index (κ3) is 3.21. The summed E-state index contributed by atoms with van der Waals surface area (Å²) in [5.41, 5.74) is 4.26. The molecule has 0 atom stereocenters. The number of hydrogen-bond acceptors (Lipinski definition) is 3. The SMILES string of the molecule is COc1ccc(-c2cc(=NC(C)C)c3c(C)cc(C)cc3o2)cc1. The van der Waals surface area contributed by atoms with E-state index in [1.165, 1.54) is 11.1 Å². The Hall–Kier alpha value is -2.55. The van der Waals surface area contributed by atoms with Crippen molar-refractivity contribution in [2.75, 3.05) is 7.11 Å². The number of aryl methyl sites for hydroxylation is 2. The number of nitrogens with zero attached hydrogens (tertiary/aromatic N) is 1. The lowest BCUT2D eigenvalue weighted by molar-refractivity contribution is 0.415. The maximum atomic E-state index is 6.20. The van der Waals surface area contributed by atoms with E-state index in [0.29, 0.717) is 0 Å². The van der Waals surface area contributed by atoms with Gasteiger partial charge in [0.05, 0.1) is 12.5 Å². The molecule has 3 nitrogen and oxygen atoms in total. The van der Waals surface area contributed by atoms with Crippen LogP contribution in [0, 0.1) is 13.8 Å². The number of fused-ring (bicyclic) bond motifs is 1. The summed E-state index contributed by atoms with van der Waals surface area (Å²) in [5, 5.41) is 2.07. The van der Waals surface area contributed by atoms with Crippen molar-refractivity contribution in [1.82, 2.24) is 0 Å². The van der Waals surface area contributed by atoms with Gasteiger partial charge in [0.1, 0.15) is 17.1 Å². The first-order chi connectivity index (χ1) is 11.5. The van der Waals surface area contributed by atoms with Gasteiger partial charge in [-0.25, -0.2) is 0 Å². The number of methoxy groups -OCH3 is 1. The van der Waals surface area contributed by atoms with E-state index in [0.717, 1.165) is 33.4 Å². The van der Waals surface area contributed by atoms with Crippen LogP contribution in [0.5, 0.6) is 5.75 Å². The Kier molecular flexibility index (Phi) is 4.43. The van der Waals surface area contributed by atoms with Crippen LogP contribution in [0.25, 0.3) is 22.3 Å². The minimum absolute atomic E-state index is 0.222. The Morgan fingerprint density at radius 1 is 1.00 bits per heavy atom. The Balaban J connectivity index is 2.29. The first kappa shape index (κ1) is 16.3. The summed E-state index contributed by atoms with van der Waals surface area (Å²) >= 11 is 0. The molecule has 0 spiro atoms. The monoisotopic (exact) mass is 321 g/mol. The van der Waals surface area contributed by atoms with Crippen molar-refractivity contribution in [3.8, 4) is 17.1 Å². The molecule has 0 radical (unpaired) electrons. The standard InChI is InChI=1S/C21H23NO2/c1-13(2)22-18-12-19(16-6-8-17(23-5)9-7-16)24-20-11-14(3)10-15(4)21(18)20/h6-13H,1-5H3. The zero-order chi connectivity index (χ0) is 17.3. The Morgan fingerprint density at radius 3 is 2.33 bits per heavy atom. The number of benzene rings is 2. The van der Waals surface area contributed by atoms with Gasteiger partial charge in [-0.1, -0.05) is 6.07 Å². The molecule has 0 bridgehead atoms. The van der Waals surface area contributed by atoms with Crippen LogP contribution in [-0.2, 0) is 0 Å². The highest BCUT2D eigenvalue weighted by Gasteiger charge is 2.09. The van der Waals surface area contributed by atoms with Crippen molar-refractivity contribution < 1.29 is 9.15 Å². The van der Waals surface area contributed by atoms with E-state index in [9.17, 15) is 0 Å². The van der Waals surface area contributed by atoms with Gasteiger partial charge in [0.25, 0.3) is 0 Å². The van der Waals surface area contributed by atoms with Gasteiger partial charge in [-0.2, -0.15) is 0 Å². The third-order valence-corrected chi connectivity index (χ3v) is 3.96. The van der Waals surface area contributed by atoms with Crippen molar-refractivity contribution >= 4 is 11.0 Å². The average molecular weight is 321 g/mol. The van der Waals surface area contributed by atoms with Crippen molar-refractivity contribution in [1.29, 1.82) is 0 Å². The van der Waals surface area contributed by atoms with Gasteiger partial charge in [-0.3, -0.25) is 4.99 Å². The summed E-state index contributed by atoms with van der Waals surface area (Å²) in [4.78, 5) is 4.81. The van der Waals surface area contributed by atoms with Gasteiger partial charge in [0, 0.05) is 23.1 Å². The molecule has 3 heteroatoms. The fourth-order valence-corrected chi connectivity index (χ4v) is 2.96. The van der Waals surface area contributed by atoms with Crippen LogP contribution in [0.15, 0.2) is 51.9 Å². The molecule has 124 valence electrons. The van der Waals surface area contributed by atoms with E-state index < -0.39 is 0 Å². The Bertz CT molecular complexity index is 934. The van der Waals surface area contributed by atoms with Crippen LogP contribution in [0.2, 0.25) is 0 Å². The molecule has 1 heterocycles. The highest BCUT2D eigenvalue weighted by atomic mass is 16.5. The molecular formula is C21H23NO2. The minimum Gasteiger partial charge on any atom is -0.497 e. The molecule has 0 aliphatic heterocycles. The molecule has 0 saturated carbocycles. The first-order valence-corrected chi connectivity index (χ1v) is 8.21. The largest absolute Gasteiger partial charge is 0.497 e. The minimum atomic E-state index is 0.222. The molecule has 24 heavy (non-hydrogen) atoms. The number of hydrogen-bond donors (Lipinski definition) is 0. The summed E-state index contributed by atoms with van der Waals surface area (Å²) in [5.74, 6) is 1.65. The van der Waals surface area contributed by atoms with E-state index in [1.807, 2.05) is 30.3 Å². The third-order valence-electron chi connectivity index (χ3n) is 3.96. The van der Waals surface area contributed by atoms with Gasteiger partial charge in [0.2, 0.25) is 0 Å². The second kappa shape index (κ2) is 6.52. The fraction of sp³-hybridized carbons (Fsp3) is 0.286. The average Bonchev–Trinajstić information content (AvgIpc) is 2.53. The molecular weight excluding hydrogens is 298 g/mol. The van der Waals surface area contributed by atoms with E-state index in [2.05, 4.69) is 39.8 Å². The predicted molar refractivity (Wildman–Crippen MR) is 98.4 cm³/mol. The van der Waals surface area contributed by atoms with E-state index in [1.54, 1.807) is 7.11 Å². The summed E-state index contributed by atoms with van der Waals surface area (Å²) < 4.78 is 11.4.